The number of carboxylic acids is 1. The summed E-state index contributed by atoms with van der Waals surface area (Å²) in [6, 6.07) is 0.159. The first-order valence-corrected chi connectivity index (χ1v) is 6.47. The van der Waals surface area contributed by atoms with E-state index in [1.807, 2.05) is 0 Å². The zero-order valence-electron chi connectivity index (χ0n) is 9.54. The molecule has 1 aliphatic carbocycles. The Hall–Kier alpha value is -1.70. The van der Waals surface area contributed by atoms with Crippen LogP contribution in [-0.2, 0) is 4.79 Å². The molecule has 0 radical (unpaired) electrons. The van der Waals surface area contributed by atoms with E-state index in [4.69, 9.17) is 5.11 Å². The largest absolute Gasteiger partial charge is 0.481 e. The lowest BCUT2D eigenvalue weighted by atomic mass is 9.86. The van der Waals surface area contributed by atoms with Gasteiger partial charge in [0, 0.05) is 6.04 Å². The van der Waals surface area contributed by atoms with Crippen molar-refractivity contribution in [3.63, 3.8) is 0 Å². The molecule has 18 heavy (non-hydrogen) atoms. The number of nitrogens with zero attached hydrogens (tertiary/aromatic N) is 2. The molecule has 1 aliphatic rings. The second-order valence-corrected chi connectivity index (χ2v) is 5.30. The van der Waals surface area contributed by atoms with E-state index in [-0.39, 0.29) is 17.0 Å². The minimum absolute atomic E-state index is 0.0109. The molecule has 0 saturated heterocycles. The van der Waals surface area contributed by atoms with E-state index in [0.717, 1.165) is 24.2 Å². The lowest BCUT2D eigenvalue weighted by Crippen LogP contribution is -2.29. The molecular formula is C10H13N3O4S. The van der Waals surface area contributed by atoms with Crippen molar-refractivity contribution in [1.29, 1.82) is 0 Å². The Labute approximate surface area is 107 Å². The van der Waals surface area contributed by atoms with Gasteiger partial charge in [-0.3, -0.25) is 14.9 Å². The van der Waals surface area contributed by atoms with E-state index in [9.17, 15) is 14.9 Å². The number of nitro groups is 1. The van der Waals surface area contributed by atoms with Gasteiger partial charge < -0.3 is 10.4 Å². The van der Waals surface area contributed by atoms with Crippen molar-refractivity contribution in [3.8, 4) is 0 Å². The highest BCUT2D eigenvalue weighted by atomic mass is 32.1. The van der Waals surface area contributed by atoms with Crippen LogP contribution in [0.3, 0.4) is 0 Å². The normalized spacial score (nSPS) is 23.6. The van der Waals surface area contributed by atoms with Crippen LogP contribution in [-0.4, -0.2) is 27.0 Å². The summed E-state index contributed by atoms with van der Waals surface area (Å²) in [7, 11) is 0. The predicted octanol–water partition coefficient (Wildman–Crippen LogP) is 2.11. The predicted molar refractivity (Wildman–Crippen MR) is 65.8 cm³/mol. The number of aliphatic carboxylic acids is 1. The van der Waals surface area contributed by atoms with Gasteiger partial charge in [0.15, 0.2) is 5.13 Å². The van der Waals surface area contributed by atoms with Gasteiger partial charge in [-0.25, -0.2) is 4.98 Å². The van der Waals surface area contributed by atoms with Crippen LogP contribution in [0.2, 0.25) is 0 Å². The molecule has 0 unspecified atom stereocenters. The average molecular weight is 271 g/mol. The highest BCUT2D eigenvalue weighted by Crippen LogP contribution is 2.30. The van der Waals surface area contributed by atoms with E-state index in [1.54, 1.807) is 0 Å². The fourth-order valence-electron chi connectivity index (χ4n) is 2.08. The Bertz CT molecular complexity index is 454. The Morgan fingerprint density at radius 2 is 2.17 bits per heavy atom. The monoisotopic (exact) mass is 271 g/mol. The molecule has 0 aliphatic heterocycles. The Morgan fingerprint density at radius 3 is 2.67 bits per heavy atom. The zero-order chi connectivity index (χ0) is 13.1. The molecule has 0 spiro atoms. The van der Waals surface area contributed by atoms with Crippen molar-refractivity contribution in [1.82, 2.24) is 4.98 Å². The van der Waals surface area contributed by atoms with Crippen LogP contribution in [0.1, 0.15) is 25.7 Å². The van der Waals surface area contributed by atoms with Crippen LogP contribution in [0.15, 0.2) is 6.20 Å². The smallest absolute Gasteiger partial charge is 0.345 e. The molecule has 8 heteroatoms. The quantitative estimate of drug-likeness (QED) is 0.641. The maximum absolute atomic E-state index is 10.8. The van der Waals surface area contributed by atoms with Crippen molar-refractivity contribution in [2.45, 2.75) is 31.7 Å². The third-order valence-corrected chi connectivity index (χ3v) is 3.96. The van der Waals surface area contributed by atoms with E-state index in [1.165, 1.54) is 6.20 Å². The molecule has 0 amide bonds. The summed E-state index contributed by atoms with van der Waals surface area (Å²) in [4.78, 5) is 24.8. The van der Waals surface area contributed by atoms with Gasteiger partial charge in [0.1, 0.15) is 6.20 Å². The van der Waals surface area contributed by atoms with Crippen LogP contribution in [0.5, 0.6) is 0 Å². The molecule has 1 saturated carbocycles. The molecule has 1 aromatic heterocycles. The summed E-state index contributed by atoms with van der Waals surface area (Å²) in [5, 5.41) is 23.0. The first-order valence-electron chi connectivity index (χ1n) is 5.66. The topological polar surface area (TPSA) is 105 Å². The van der Waals surface area contributed by atoms with Crippen LogP contribution < -0.4 is 5.32 Å². The number of carboxylic acid groups (broad SMARTS) is 1. The summed E-state index contributed by atoms with van der Waals surface area (Å²) in [5.74, 6) is -0.994. The zero-order valence-corrected chi connectivity index (χ0v) is 10.4. The molecule has 0 bridgehead atoms. The SMILES string of the molecule is O=C(O)C1CCC(Nc2ncc([N+](=O)[O-])s2)CC1. The number of rotatable bonds is 4. The van der Waals surface area contributed by atoms with E-state index in [0.29, 0.717) is 18.0 Å². The van der Waals surface area contributed by atoms with E-state index < -0.39 is 10.9 Å². The highest BCUT2D eigenvalue weighted by molar-refractivity contribution is 7.18. The lowest BCUT2D eigenvalue weighted by Gasteiger charge is -2.26. The molecule has 1 heterocycles. The number of thiazole rings is 1. The van der Waals surface area contributed by atoms with Gasteiger partial charge in [0.05, 0.1) is 10.8 Å². The van der Waals surface area contributed by atoms with Crippen molar-refractivity contribution in [2.24, 2.45) is 5.92 Å². The Kier molecular flexibility index (Phi) is 3.75. The van der Waals surface area contributed by atoms with Crippen molar-refractivity contribution < 1.29 is 14.8 Å². The third-order valence-electron chi connectivity index (χ3n) is 3.08. The number of anilines is 1. The van der Waals surface area contributed by atoms with Gasteiger partial charge in [0.25, 0.3) is 0 Å². The van der Waals surface area contributed by atoms with Gasteiger partial charge in [-0.05, 0) is 37.0 Å². The molecular weight excluding hydrogens is 258 g/mol. The minimum Gasteiger partial charge on any atom is -0.481 e. The van der Waals surface area contributed by atoms with E-state index >= 15 is 0 Å². The standard InChI is InChI=1S/C10H13N3O4S/c14-9(15)6-1-3-7(4-2-6)12-10-11-5-8(18-10)13(16)17/h5-7H,1-4H2,(H,11,12)(H,14,15). The highest BCUT2D eigenvalue weighted by Gasteiger charge is 2.26. The van der Waals surface area contributed by atoms with Crippen LogP contribution >= 0.6 is 11.3 Å². The fraction of sp³-hybridized carbons (Fsp3) is 0.600. The molecule has 1 fully saturated rings. The minimum atomic E-state index is -0.738. The lowest BCUT2D eigenvalue weighted by molar-refractivity contribution is -0.380. The number of aromatic nitrogens is 1. The van der Waals surface area contributed by atoms with Gasteiger partial charge in [0.2, 0.25) is 0 Å². The summed E-state index contributed by atoms with van der Waals surface area (Å²) in [6.07, 6.45) is 4.02. The van der Waals surface area contributed by atoms with Crippen molar-refractivity contribution in [3.05, 3.63) is 16.3 Å². The molecule has 0 aromatic carbocycles. The van der Waals surface area contributed by atoms with Gasteiger partial charge >= 0.3 is 11.0 Å². The number of hydrogen-bond acceptors (Lipinski definition) is 6. The Morgan fingerprint density at radius 1 is 1.50 bits per heavy atom. The first-order chi connectivity index (χ1) is 8.56. The maximum atomic E-state index is 10.8. The molecule has 7 nitrogen and oxygen atoms in total. The van der Waals surface area contributed by atoms with Crippen LogP contribution in [0, 0.1) is 16.0 Å². The number of nitrogens with one attached hydrogen (secondary N) is 1. The van der Waals surface area contributed by atoms with Gasteiger partial charge in [-0.15, -0.1) is 0 Å². The Balaban J connectivity index is 1.87. The second-order valence-electron chi connectivity index (χ2n) is 4.29. The molecule has 98 valence electrons. The fourth-order valence-corrected chi connectivity index (χ4v) is 2.79. The van der Waals surface area contributed by atoms with Crippen molar-refractivity contribution in [2.75, 3.05) is 5.32 Å². The summed E-state index contributed by atoms with van der Waals surface area (Å²) >= 11 is 1.00. The molecule has 0 atom stereocenters. The third kappa shape index (κ3) is 2.95. The first kappa shape index (κ1) is 12.7. The van der Waals surface area contributed by atoms with Gasteiger partial charge in [-0.2, -0.15) is 0 Å². The molecule has 2 N–H and O–H groups in total. The van der Waals surface area contributed by atoms with Gasteiger partial charge in [-0.1, -0.05) is 0 Å². The number of hydrogen-bond donors (Lipinski definition) is 2. The molecule has 2 rings (SSSR count). The van der Waals surface area contributed by atoms with Crippen LogP contribution in [0.25, 0.3) is 0 Å². The molecule has 1 aromatic rings. The average Bonchev–Trinajstić information content (AvgIpc) is 2.78. The van der Waals surface area contributed by atoms with E-state index in [2.05, 4.69) is 10.3 Å². The summed E-state index contributed by atoms with van der Waals surface area (Å²) in [6.45, 7) is 0. The summed E-state index contributed by atoms with van der Waals surface area (Å²) in [5.41, 5.74) is 0. The van der Waals surface area contributed by atoms with Crippen molar-refractivity contribution >= 4 is 27.4 Å². The number of carbonyl (C=O) groups is 1. The maximum Gasteiger partial charge on any atom is 0.345 e. The second kappa shape index (κ2) is 5.30. The van der Waals surface area contributed by atoms with Crippen LogP contribution in [0.4, 0.5) is 10.1 Å². The summed E-state index contributed by atoms with van der Waals surface area (Å²) < 4.78 is 0.